The minimum Gasteiger partial charge on any atom is -0.398 e. The molecular weight excluding hydrogens is 270 g/mol. The van der Waals surface area contributed by atoms with Crippen LogP contribution in [0.5, 0.6) is 0 Å². The van der Waals surface area contributed by atoms with Crippen LogP contribution in [-0.2, 0) is 11.3 Å². The predicted octanol–water partition coefficient (Wildman–Crippen LogP) is 4.65. The average molecular weight is 294 g/mol. The number of benzene rings is 1. The predicted molar refractivity (Wildman–Crippen MR) is 83.7 cm³/mol. The van der Waals surface area contributed by atoms with E-state index in [4.69, 9.17) is 22.1 Å². The maximum atomic E-state index is 6.26. The number of hydrogen-bond donors (Lipinski definition) is 1. The highest BCUT2D eigenvalue weighted by Crippen LogP contribution is 2.66. The Morgan fingerprint density at radius 3 is 2.65 bits per heavy atom. The Balaban J connectivity index is 1.75. The van der Waals surface area contributed by atoms with Crippen molar-refractivity contribution >= 4 is 17.3 Å². The van der Waals surface area contributed by atoms with Crippen molar-refractivity contribution in [2.45, 2.75) is 52.7 Å². The fourth-order valence-electron chi connectivity index (χ4n) is 4.29. The lowest BCUT2D eigenvalue weighted by molar-refractivity contribution is -0.0548. The molecule has 110 valence electrons. The van der Waals surface area contributed by atoms with E-state index in [0.717, 1.165) is 17.2 Å². The Hall–Kier alpha value is -0.730. The summed E-state index contributed by atoms with van der Waals surface area (Å²) < 4.78 is 6.26. The van der Waals surface area contributed by atoms with Gasteiger partial charge in [0.25, 0.3) is 0 Å². The van der Waals surface area contributed by atoms with Crippen molar-refractivity contribution in [3.63, 3.8) is 0 Å². The molecule has 3 heteroatoms. The number of nitrogen functional groups attached to an aromatic ring is 1. The van der Waals surface area contributed by atoms with E-state index in [-0.39, 0.29) is 5.41 Å². The van der Waals surface area contributed by atoms with Crippen molar-refractivity contribution in [1.82, 2.24) is 0 Å². The molecule has 0 aliphatic heterocycles. The highest BCUT2D eigenvalue weighted by molar-refractivity contribution is 6.31. The van der Waals surface area contributed by atoms with E-state index >= 15 is 0 Å². The van der Waals surface area contributed by atoms with E-state index in [9.17, 15) is 0 Å². The zero-order valence-corrected chi connectivity index (χ0v) is 13.3. The summed E-state index contributed by atoms with van der Waals surface area (Å²) in [5.41, 5.74) is 8.32. The Morgan fingerprint density at radius 2 is 2.10 bits per heavy atom. The molecule has 0 aromatic heterocycles. The van der Waals surface area contributed by atoms with Gasteiger partial charge in [-0.3, -0.25) is 0 Å². The summed E-state index contributed by atoms with van der Waals surface area (Å²) in [5.74, 6) is 0.793. The number of anilines is 1. The molecule has 2 N–H and O–H groups in total. The van der Waals surface area contributed by atoms with Gasteiger partial charge in [-0.25, -0.2) is 0 Å². The first-order valence-corrected chi connectivity index (χ1v) is 7.88. The van der Waals surface area contributed by atoms with Crippen molar-refractivity contribution < 1.29 is 4.74 Å². The molecule has 2 fully saturated rings. The fourth-order valence-corrected chi connectivity index (χ4v) is 4.53. The van der Waals surface area contributed by atoms with Crippen molar-refractivity contribution in [1.29, 1.82) is 0 Å². The van der Waals surface area contributed by atoms with Gasteiger partial charge in [0.05, 0.1) is 12.7 Å². The standard InChI is InChI=1S/C17H24ClNO/c1-16(2)11-7-8-17(16,3)15(9-11)20-10-12-13(18)5-4-6-14(12)19/h4-6,11,15H,7-10,19H2,1-3H3. The first-order valence-electron chi connectivity index (χ1n) is 7.51. The summed E-state index contributed by atoms with van der Waals surface area (Å²) in [6, 6.07) is 5.64. The molecule has 2 aliphatic rings. The van der Waals surface area contributed by atoms with Gasteiger partial charge in [0.2, 0.25) is 0 Å². The van der Waals surface area contributed by atoms with Crippen LogP contribution < -0.4 is 5.73 Å². The van der Waals surface area contributed by atoms with Crippen LogP contribution in [0.15, 0.2) is 18.2 Å². The van der Waals surface area contributed by atoms with Crippen LogP contribution in [0.25, 0.3) is 0 Å². The van der Waals surface area contributed by atoms with Gasteiger partial charge >= 0.3 is 0 Å². The van der Waals surface area contributed by atoms with Crippen molar-refractivity contribution in [3.8, 4) is 0 Å². The molecular formula is C17H24ClNO. The van der Waals surface area contributed by atoms with Crippen molar-refractivity contribution in [2.75, 3.05) is 5.73 Å². The molecule has 3 atom stereocenters. The van der Waals surface area contributed by atoms with E-state index < -0.39 is 0 Å². The number of halogens is 1. The summed E-state index contributed by atoms with van der Waals surface area (Å²) in [5, 5.41) is 0.706. The zero-order chi connectivity index (χ0) is 14.5. The average Bonchev–Trinajstić information content (AvgIpc) is 2.71. The Morgan fingerprint density at radius 1 is 1.35 bits per heavy atom. The summed E-state index contributed by atoms with van der Waals surface area (Å²) in [6.45, 7) is 7.71. The second-order valence-corrected chi connectivity index (χ2v) is 7.62. The molecule has 0 heterocycles. The number of hydrogen-bond acceptors (Lipinski definition) is 2. The van der Waals surface area contributed by atoms with Crippen LogP contribution in [-0.4, -0.2) is 6.10 Å². The molecule has 0 amide bonds. The van der Waals surface area contributed by atoms with Gasteiger partial charge in [0.15, 0.2) is 0 Å². The van der Waals surface area contributed by atoms with Crippen molar-refractivity contribution in [2.24, 2.45) is 16.7 Å². The van der Waals surface area contributed by atoms with E-state index in [0.29, 0.717) is 23.1 Å². The summed E-state index contributed by atoms with van der Waals surface area (Å²) >= 11 is 6.22. The highest BCUT2D eigenvalue weighted by Gasteiger charge is 2.61. The molecule has 0 spiro atoms. The first kappa shape index (κ1) is 14.2. The molecule has 3 rings (SSSR count). The van der Waals surface area contributed by atoms with Crippen LogP contribution >= 0.6 is 11.6 Å². The third-order valence-corrected chi connectivity index (χ3v) is 6.65. The smallest absolute Gasteiger partial charge is 0.0755 e. The van der Waals surface area contributed by atoms with Gasteiger partial charge in [-0.05, 0) is 48.1 Å². The van der Waals surface area contributed by atoms with Crippen molar-refractivity contribution in [3.05, 3.63) is 28.8 Å². The summed E-state index contributed by atoms with van der Waals surface area (Å²) in [7, 11) is 0. The maximum Gasteiger partial charge on any atom is 0.0755 e. The lowest BCUT2D eigenvalue weighted by Crippen LogP contribution is -2.37. The van der Waals surface area contributed by atoms with Crippen LogP contribution in [0.2, 0.25) is 5.02 Å². The van der Waals surface area contributed by atoms with Gasteiger partial charge < -0.3 is 10.5 Å². The minimum atomic E-state index is 0.285. The van der Waals surface area contributed by atoms with Crippen LogP contribution in [0, 0.1) is 16.7 Å². The lowest BCUT2D eigenvalue weighted by atomic mass is 9.70. The van der Waals surface area contributed by atoms with Gasteiger partial charge in [0.1, 0.15) is 0 Å². The quantitative estimate of drug-likeness (QED) is 0.823. The normalized spacial score (nSPS) is 34.6. The number of nitrogens with two attached hydrogens (primary N) is 1. The number of ether oxygens (including phenoxy) is 1. The Bertz CT molecular complexity index is 507. The van der Waals surface area contributed by atoms with E-state index in [1.807, 2.05) is 18.2 Å². The Kier molecular flexibility index (Phi) is 3.30. The SMILES string of the molecule is CC1(C)C2CCC1(C)C(OCc1c(N)cccc1Cl)C2. The molecule has 3 unspecified atom stereocenters. The Labute approximate surface area is 126 Å². The molecule has 2 bridgehead atoms. The number of fused-ring (bicyclic) bond motifs is 2. The summed E-state index contributed by atoms with van der Waals surface area (Å²) in [4.78, 5) is 0. The van der Waals surface area contributed by atoms with E-state index in [2.05, 4.69) is 20.8 Å². The van der Waals surface area contributed by atoms with Gasteiger partial charge in [-0.1, -0.05) is 38.4 Å². The molecule has 0 saturated heterocycles. The fraction of sp³-hybridized carbons (Fsp3) is 0.647. The molecule has 0 radical (unpaired) electrons. The van der Waals surface area contributed by atoms with Gasteiger partial charge in [-0.15, -0.1) is 0 Å². The third kappa shape index (κ3) is 1.88. The molecule has 2 aliphatic carbocycles. The molecule has 20 heavy (non-hydrogen) atoms. The largest absolute Gasteiger partial charge is 0.398 e. The highest BCUT2D eigenvalue weighted by atomic mass is 35.5. The molecule has 2 nitrogen and oxygen atoms in total. The van der Waals surface area contributed by atoms with E-state index in [1.165, 1.54) is 19.3 Å². The van der Waals surface area contributed by atoms with Crippen LogP contribution in [0.4, 0.5) is 5.69 Å². The minimum absolute atomic E-state index is 0.285. The third-order valence-electron chi connectivity index (χ3n) is 6.30. The van der Waals surface area contributed by atoms with Crippen LogP contribution in [0.1, 0.15) is 45.6 Å². The maximum absolute atomic E-state index is 6.26. The molecule has 1 aromatic carbocycles. The topological polar surface area (TPSA) is 35.2 Å². The van der Waals surface area contributed by atoms with E-state index in [1.54, 1.807) is 0 Å². The first-order chi connectivity index (χ1) is 9.36. The zero-order valence-electron chi connectivity index (χ0n) is 12.6. The summed E-state index contributed by atoms with van der Waals surface area (Å²) in [6.07, 6.45) is 4.12. The molecule has 2 saturated carbocycles. The molecule has 1 aromatic rings. The monoisotopic (exact) mass is 293 g/mol. The number of rotatable bonds is 3. The van der Waals surface area contributed by atoms with Gasteiger partial charge in [0, 0.05) is 16.3 Å². The second kappa shape index (κ2) is 4.64. The second-order valence-electron chi connectivity index (χ2n) is 7.22. The van der Waals surface area contributed by atoms with Crippen LogP contribution in [0.3, 0.4) is 0 Å². The lowest BCUT2D eigenvalue weighted by Gasteiger charge is -2.39. The van der Waals surface area contributed by atoms with Gasteiger partial charge in [-0.2, -0.15) is 0 Å².